The van der Waals surface area contributed by atoms with E-state index in [1.54, 1.807) is 0 Å². The molecule has 1 aliphatic carbocycles. The molecule has 0 radical (unpaired) electrons. The van der Waals surface area contributed by atoms with Crippen molar-refractivity contribution < 1.29 is 5.11 Å². The summed E-state index contributed by atoms with van der Waals surface area (Å²) in [5.74, 6) is 0. The highest BCUT2D eigenvalue weighted by molar-refractivity contribution is 7.13. The van der Waals surface area contributed by atoms with E-state index in [9.17, 15) is 5.11 Å². The second-order valence-electron chi connectivity index (χ2n) is 3.91. The van der Waals surface area contributed by atoms with Crippen molar-refractivity contribution in [2.45, 2.75) is 38.8 Å². The minimum Gasteiger partial charge on any atom is -0.391 e. The van der Waals surface area contributed by atoms with Crippen molar-refractivity contribution in [1.29, 1.82) is 0 Å². The Morgan fingerprint density at radius 3 is 2.30 bits per heavy atom. The summed E-state index contributed by atoms with van der Waals surface area (Å²) in [6.07, 6.45) is 1.82. The minimum atomic E-state index is -0.160. The van der Waals surface area contributed by atoms with Crippen LogP contribution < -0.4 is 5.09 Å². The van der Waals surface area contributed by atoms with Crippen LogP contribution in [0.2, 0.25) is 0 Å². The van der Waals surface area contributed by atoms with Crippen LogP contribution >= 0.6 is 9.39 Å². The van der Waals surface area contributed by atoms with Gasteiger partial charge in [0.15, 0.2) is 0 Å². The molecule has 3 atom stereocenters. The largest absolute Gasteiger partial charge is 0.391 e. The zero-order chi connectivity index (χ0) is 7.78. The molecule has 1 fully saturated rings. The van der Waals surface area contributed by atoms with E-state index >= 15 is 0 Å². The summed E-state index contributed by atoms with van der Waals surface area (Å²) in [7, 11) is 2.47. The summed E-state index contributed by atoms with van der Waals surface area (Å²) in [5.41, 5.74) is 0.313. The molecule has 1 aliphatic rings. The van der Waals surface area contributed by atoms with Crippen LogP contribution in [0.15, 0.2) is 0 Å². The molecule has 3 unspecified atom stereocenters. The second kappa shape index (κ2) is 2.77. The monoisotopic (exact) mass is 161 g/mol. The Labute approximate surface area is 64.7 Å². The lowest BCUT2D eigenvalue weighted by Crippen LogP contribution is -2.28. The first-order chi connectivity index (χ1) is 4.55. The highest BCUT2D eigenvalue weighted by atomic mass is 31.0. The Kier molecular flexibility index (Phi) is 2.34. The Bertz CT molecular complexity index is 127. The summed E-state index contributed by atoms with van der Waals surface area (Å²) in [6.45, 7) is 4.39. The van der Waals surface area contributed by atoms with E-state index < -0.39 is 0 Å². The first-order valence-corrected chi connectivity index (χ1v) is 4.27. The lowest BCUT2D eigenvalue weighted by atomic mass is 9.92. The highest BCUT2D eigenvalue weighted by Crippen LogP contribution is 2.37. The fraction of sp³-hybridized carbons (Fsp3) is 1.00. The van der Waals surface area contributed by atoms with Gasteiger partial charge in [0.1, 0.15) is 0 Å². The topological polar surface area (TPSA) is 32.3 Å². The number of hydrogen-bond donors (Lipinski definition) is 2. The lowest BCUT2D eigenvalue weighted by molar-refractivity contribution is 0.151. The van der Waals surface area contributed by atoms with Gasteiger partial charge < -0.3 is 5.11 Å². The van der Waals surface area contributed by atoms with Crippen LogP contribution in [0.5, 0.6) is 0 Å². The smallest absolute Gasteiger partial charge is 0.0701 e. The molecule has 0 aliphatic heterocycles. The van der Waals surface area contributed by atoms with E-state index in [1.165, 1.54) is 0 Å². The van der Waals surface area contributed by atoms with Crippen LogP contribution in [0.4, 0.5) is 0 Å². The van der Waals surface area contributed by atoms with Crippen molar-refractivity contribution in [1.82, 2.24) is 5.09 Å². The van der Waals surface area contributed by atoms with Gasteiger partial charge >= 0.3 is 0 Å². The van der Waals surface area contributed by atoms with Gasteiger partial charge in [0.2, 0.25) is 0 Å². The van der Waals surface area contributed by atoms with Gasteiger partial charge in [-0.05, 0) is 18.3 Å². The Hall–Kier alpha value is 0.350. The SMILES string of the molecule is CC1(C)CC(O)C(NP)C1. The van der Waals surface area contributed by atoms with Crippen LogP contribution in [0, 0.1) is 5.41 Å². The van der Waals surface area contributed by atoms with Crippen LogP contribution in [0.3, 0.4) is 0 Å². The molecule has 0 saturated heterocycles. The standard InChI is InChI=1S/C7H16NOP/c1-7(2)3-5(8-10)6(9)4-7/h5-6,8-9H,3-4,10H2,1-2H3. The summed E-state index contributed by atoms with van der Waals surface area (Å²) in [4.78, 5) is 0. The Morgan fingerprint density at radius 2 is 2.10 bits per heavy atom. The molecule has 2 nitrogen and oxygen atoms in total. The maximum Gasteiger partial charge on any atom is 0.0701 e. The number of aliphatic hydroxyl groups is 1. The van der Waals surface area contributed by atoms with E-state index in [0.717, 1.165) is 12.8 Å². The van der Waals surface area contributed by atoms with Gasteiger partial charge in [0.05, 0.1) is 6.10 Å². The molecule has 2 N–H and O–H groups in total. The van der Waals surface area contributed by atoms with Crippen molar-refractivity contribution in [3.8, 4) is 0 Å². The van der Waals surface area contributed by atoms with Gasteiger partial charge in [-0.1, -0.05) is 23.2 Å². The Morgan fingerprint density at radius 1 is 1.50 bits per heavy atom. The predicted molar refractivity (Wildman–Crippen MR) is 45.7 cm³/mol. The number of aliphatic hydroxyl groups excluding tert-OH is 1. The van der Waals surface area contributed by atoms with Crippen molar-refractivity contribution in [2.75, 3.05) is 0 Å². The Balaban J connectivity index is 2.52. The molecular formula is C7H16NOP. The molecule has 0 aromatic heterocycles. The molecule has 1 saturated carbocycles. The normalized spacial score (nSPS) is 38.4. The van der Waals surface area contributed by atoms with E-state index in [-0.39, 0.29) is 12.1 Å². The first kappa shape index (κ1) is 8.45. The predicted octanol–water partition coefficient (Wildman–Crippen LogP) is 0.916. The second-order valence-corrected chi connectivity index (χ2v) is 4.25. The number of hydrogen-bond acceptors (Lipinski definition) is 2. The summed E-state index contributed by atoms with van der Waals surface area (Å²) in [6, 6.07) is 0.278. The average molecular weight is 161 g/mol. The third kappa shape index (κ3) is 1.69. The van der Waals surface area contributed by atoms with Gasteiger partial charge in [-0.2, -0.15) is 0 Å². The minimum absolute atomic E-state index is 0.160. The van der Waals surface area contributed by atoms with Crippen LogP contribution in [-0.4, -0.2) is 17.3 Å². The lowest BCUT2D eigenvalue weighted by Gasteiger charge is -2.15. The maximum absolute atomic E-state index is 9.45. The van der Waals surface area contributed by atoms with Crippen LogP contribution in [-0.2, 0) is 0 Å². The summed E-state index contributed by atoms with van der Waals surface area (Å²) >= 11 is 0. The van der Waals surface area contributed by atoms with Gasteiger partial charge in [-0.25, -0.2) is 0 Å². The molecule has 0 spiro atoms. The van der Waals surface area contributed by atoms with Crippen molar-refractivity contribution in [3.63, 3.8) is 0 Å². The van der Waals surface area contributed by atoms with E-state index in [0.29, 0.717) is 5.41 Å². The third-order valence-electron chi connectivity index (χ3n) is 2.21. The molecule has 0 aromatic rings. The zero-order valence-corrected chi connectivity index (χ0v) is 7.75. The molecule has 0 heterocycles. The molecule has 3 heteroatoms. The average Bonchev–Trinajstić information content (AvgIpc) is 2.05. The molecule has 0 amide bonds. The van der Waals surface area contributed by atoms with Crippen molar-refractivity contribution in [3.05, 3.63) is 0 Å². The molecule has 10 heavy (non-hydrogen) atoms. The molecule has 0 bridgehead atoms. The van der Waals surface area contributed by atoms with Gasteiger partial charge in [0, 0.05) is 6.04 Å². The van der Waals surface area contributed by atoms with Gasteiger partial charge in [0.25, 0.3) is 0 Å². The van der Waals surface area contributed by atoms with Gasteiger partial charge in [-0.15, -0.1) is 0 Å². The van der Waals surface area contributed by atoms with E-state index in [1.807, 2.05) is 0 Å². The highest BCUT2D eigenvalue weighted by Gasteiger charge is 2.37. The molecule has 1 rings (SSSR count). The zero-order valence-electron chi connectivity index (χ0n) is 6.59. The first-order valence-electron chi connectivity index (χ1n) is 3.69. The molecular weight excluding hydrogens is 145 g/mol. The number of nitrogens with one attached hydrogen (secondary N) is 1. The van der Waals surface area contributed by atoms with Crippen LogP contribution in [0.25, 0.3) is 0 Å². The van der Waals surface area contributed by atoms with E-state index in [2.05, 4.69) is 28.3 Å². The van der Waals surface area contributed by atoms with Crippen LogP contribution in [0.1, 0.15) is 26.7 Å². The fourth-order valence-electron chi connectivity index (χ4n) is 1.69. The summed E-state index contributed by atoms with van der Waals surface area (Å²) < 4.78 is 0. The quantitative estimate of drug-likeness (QED) is 0.560. The van der Waals surface area contributed by atoms with Gasteiger partial charge in [-0.3, -0.25) is 5.09 Å². The number of rotatable bonds is 1. The fourth-order valence-corrected chi connectivity index (χ4v) is 2.03. The molecule has 60 valence electrons. The third-order valence-corrected chi connectivity index (χ3v) is 2.64. The van der Waals surface area contributed by atoms with E-state index in [4.69, 9.17) is 0 Å². The van der Waals surface area contributed by atoms with Crippen molar-refractivity contribution in [2.24, 2.45) is 5.41 Å². The summed E-state index contributed by atoms with van der Waals surface area (Å²) in [5, 5.41) is 12.5. The van der Waals surface area contributed by atoms with Crippen molar-refractivity contribution >= 4 is 9.39 Å². The molecule has 0 aromatic carbocycles. The maximum atomic E-state index is 9.45.